The number of ketones is 5. The highest BCUT2D eigenvalue weighted by Crippen LogP contribution is 2.50. The summed E-state index contributed by atoms with van der Waals surface area (Å²) in [6.07, 6.45) is -13.7. The Labute approximate surface area is 722 Å². The zero-order valence-electron chi connectivity index (χ0n) is 71.8. The van der Waals surface area contributed by atoms with Gasteiger partial charge in [0.05, 0.1) is 123 Å². The molecule has 124 heavy (non-hydrogen) atoms. The van der Waals surface area contributed by atoms with E-state index < -0.39 is 237 Å². The Balaban J connectivity index is 1.22. The van der Waals surface area contributed by atoms with E-state index in [1.54, 1.807) is 6.92 Å². The van der Waals surface area contributed by atoms with Crippen molar-refractivity contribution in [2.24, 2.45) is 0 Å². The number of ether oxygens (including phenoxy) is 10. The van der Waals surface area contributed by atoms with E-state index in [-0.39, 0.29) is 178 Å². The lowest BCUT2D eigenvalue weighted by atomic mass is 9.97. The van der Waals surface area contributed by atoms with Crippen molar-refractivity contribution in [3.8, 4) is 0 Å². The Morgan fingerprint density at radius 2 is 0.855 bits per heavy atom. The zero-order valence-corrected chi connectivity index (χ0v) is 73.6. The van der Waals surface area contributed by atoms with Crippen molar-refractivity contribution in [3.05, 3.63) is 0 Å². The summed E-state index contributed by atoms with van der Waals surface area (Å²) in [5.74, 6) is -4.48. The lowest BCUT2D eigenvalue weighted by Gasteiger charge is -2.42. The van der Waals surface area contributed by atoms with Gasteiger partial charge in [0.15, 0.2) is 18.9 Å². The first kappa shape index (κ1) is 109. The number of amides is 6. The van der Waals surface area contributed by atoms with Gasteiger partial charge in [-0.25, -0.2) is 0 Å². The lowest BCUT2D eigenvalue weighted by Crippen LogP contribution is -2.64. The Morgan fingerprint density at radius 3 is 1.24 bits per heavy atom. The quantitative estimate of drug-likeness (QED) is 0.0217. The number of carbonyl (C=O) groups excluding carboxylic acids is 11. The van der Waals surface area contributed by atoms with Crippen LogP contribution in [0.2, 0.25) is 0 Å². The number of aliphatic hydroxyl groups excluding tert-OH is 10. The van der Waals surface area contributed by atoms with Crippen molar-refractivity contribution in [2.45, 2.75) is 323 Å². The number of hydrogen-bond donors (Lipinski definition) is 17. The molecule has 43 nitrogen and oxygen atoms in total. The molecular formula is C79H136N6O37P2. The summed E-state index contributed by atoms with van der Waals surface area (Å²) in [7, 11) is -7.97. The predicted molar refractivity (Wildman–Crippen MR) is 435 cm³/mol. The summed E-state index contributed by atoms with van der Waals surface area (Å²) >= 11 is 0. The molecule has 714 valence electrons. The highest BCUT2D eigenvalue weighted by molar-refractivity contribution is 7.58. The van der Waals surface area contributed by atoms with Crippen LogP contribution in [0.5, 0.6) is 0 Å². The van der Waals surface area contributed by atoms with Gasteiger partial charge in [0.25, 0.3) is 0 Å². The van der Waals surface area contributed by atoms with Gasteiger partial charge in [-0.3, -0.25) is 57.3 Å². The number of nitrogens with zero attached hydrogens (tertiary/aromatic N) is 1. The maximum absolute atomic E-state index is 14.4. The molecule has 0 aliphatic carbocycles. The van der Waals surface area contributed by atoms with Crippen LogP contribution in [0.3, 0.4) is 0 Å². The van der Waals surface area contributed by atoms with E-state index in [4.69, 9.17) is 60.9 Å². The molecule has 22 atom stereocenters. The molecule has 5 aliphatic rings. The Kier molecular flexibility index (Phi) is 49.6. The van der Waals surface area contributed by atoms with E-state index >= 15 is 0 Å². The smallest absolute Gasteiger partial charge is 0.330 e. The minimum absolute atomic E-state index is 0.000784. The second kappa shape index (κ2) is 56.3. The summed E-state index contributed by atoms with van der Waals surface area (Å²) < 4.78 is 87.5. The summed E-state index contributed by atoms with van der Waals surface area (Å²) in [5.41, 5.74) is -2.37. The SMILES string of the molecule is C=P(O)(OC[C@@H]1C[C@@H](O)CN1C(=O)CCC(=O)NC(COCCC(=O)CCCCCC(=O)CCO[C@@H]1OC(CO)[C@H](O)[C@H](O)C1NC(C)=O)(COCCC(=O)CCCCCC(=O)CCO[C@@H]1OC(CO)[C@H](O)[C@H](O)C1NC(C)=O)COCCC(=O)NCCCCC(=O)CCO[C@@H]1OC(CO)[C@H](O)[C@H](O)C1NC(C)=O)O[C@H]1C[C@H](C)O[C@@H]1COP(=O)(O)C(C)C. The Bertz CT molecular complexity index is 3190. The molecule has 0 aromatic carbocycles. The molecule has 8 unspecified atom stereocenters. The summed E-state index contributed by atoms with van der Waals surface area (Å²) in [4.78, 5) is 165. The molecule has 45 heteroatoms. The van der Waals surface area contributed by atoms with Crippen LogP contribution in [0.15, 0.2) is 0 Å². The largest absolute Gasteiger partial charge is 0.394 e. The van der Waals surface area contributed by atoms with Crippen LogP contribution in [0, 0.1) is 0 Å². The number of rotatable bonds is 63. The number of hydrogen-bond acceptors (Lipinski definition) is 36. The fraction of sp³-hybridized carbons (Fsp3) is 0.848. The minimum atomic E-state index is -4.01. The van der Waals surface area contributed by atoms with Gasteiger partial charge in [-0.05, 0) is 58.2 Å². The third kappa shape index (κ3) is 39.2. The van der Waals surface area contributed by atoms with Crippen LogP contribution in [-0.4, -0.2) is 376 Å². The van der Waals surface area contributed by atoms with Gasteiger partial charge in [-0.1, -0.05) is 26.7 Å². The first-order valence-electron chi connectivity index (χ1n) is 42.5. The van der Waals surface area contributed by atoms with Crippen molar-refractivity contribution in [2.75, 3.05) is 106 Å². The van der Waals surface area contributed by atoms with E-state index in [2.05, 4.69) is 32.9 Å². The molecule has 0 saturated carbocycles. The van der Waals surface area contributed by atoms with Crippen molar-refractivity contribution < 1.29 is 179 Å². The van der Waals surface area contributed by atoms with Gasteiger partial charge in [0.1, 0.15) is 114 Å². The molecule has 5 saturated heterocycles. The van der Waals surface area contributed by atoms with Crippen molar-refractivity contribution in [1.29, 1.82) is 0 Å². The molecule has 17 N–H and O–H groups in total. The molecule has 0 aromatic rings. The number of likely N-dealkylation sites (tertiary alicyclic amines) is 1. The first-order chi connectivity index (χ1) is 58.7. The first-order valence-corrected chi connectivity index (χ1v) is 45.9. The molecule has 5 heterocycles. The maximum Gasteiger partial charge on any atom is 0.330 e. The van der Waals surface area contributed by atoms with Gasteiger partial charge in [0, 0.05) is 124 Å². The van der Waals surface area contributed by atoms with Crippen LogP contribution in [0.4, 0.5) is 0 Å². The summed E-state index contributed by atoms with van der Waals surface area (Å²) in [5, 5.41) is 115. The van der Waals surface area contributed by atoms with Gasteiger partial charge >= 0.3 is 7.60 Å². The average Bonchev–Trinajstić information content (AvgIpc) is 1.12. The molecule has 5 aliphatic heterocycles. The number of carbonyl (C=O) groups is 11. The van der Waals surface area contributed by atoms with E-state index in [1.807, 2.05) is 0 Å². The molecule has 0 aromatic heterocycles. The van der Waals surface area contributed by atoms with Crippen molar-refractivity contribution in [3.63, 3.8) is 0 Å². The van der Waals surface area contributed by atoms with Crippen LogP contribution < -0.4 is 26.6 Å². The second-order valence-corrected chi connectivity index (χ2v) is 36.5. The molecule has 6 amide bonds. The average molecular weight is 1820 g/mol. The van der Waals surface area contributed by atoms with Crippen LogP contribution in [0.25, 0.3) is 0 Å². The van der Waals surface area contributed by atoms with Gasteiger partial charge in [0.2, 0.25) is 43.0 Å². The van der Waals surface area contributed by atoms with Crippen LogP contribution >= 0.6 is 15.2 Å². The summed E-state index contributed by atoms with van der Waals surface area (Å²) in [6, 6.07) is -4.42. The number of aliphatic hydroxyl groups is 10. The van der Waals surface area contributed by atoms with E-state index in [1.165, 1.54) is 39.5 Å². The molecule has 5 rings (SSSR count). The zero-order chi connectivity index (χ0) is 91.9. The van der Waals surface area contributed by atoms with Gasteiger partial charge < -0.3 is 153 Å². The third-order valence-electron chi connectivity index (χ3n) is 21.3. The monoisotopic (exact) mass is 1820 g/mol. The molecule has 0 spiro atoms. The Hall–Kier alpha value is -5.30. The number of Topliss-reactive ketones (excluding diaryl/α,β-unsaturated/α-hetero) is 5. The molecular weight excluding hydrogens is 1690 g/mol. The highest BCUT2D eigenvalue weighted by atomic mass is 31.2. The fourth-order valence-electron chi connectivity index (χ4n) is 14.3. The molecule has 5 fully saturated rings. The number of β-amino-alcohol motifs (C(OH)–C–C–N with tert-alkyl or cyclic N) is 1. The van der Waals surface area contributed by atoms with Crippen LogP contribution in [-0.2, 0) is 118 Å². The number of nitrogens with one attached hydrogen (secondary N) is 5. The second-order valence-electron chi connectivity index (χ2n) is 32.4. The predicted octanol–water partition coefficient (Wildman–Crippen LogP) is -2.74. The lowest BCUT2D eigenvalue weighted by molar-refractivity contribution is -0.269. The van der Waals surface area contributed by atoms with E-state index in [0.717, 1.165) is 0 Å². The summed E-state index contributed by atoms with van der Waals surface area (Å²) in [6.45, 7) is 3.22. The van der Waals surface area contributed by atoms with Crippen molar-refractivity contribution in [1.82, 2.24) is 31.5 Å². The number of unbranched alkanes of at least 4 members (excludes halogenated alkanes) is 5. The van der Waals surface area contributed by atoms with Gasteiger partial charge in [-0.2, -0.15) is 0 Å². The topological polar surface area (TPSA) is 631 Å². The van der Waals surface area contributed by atoms with Gasteiger partial charge in [-0.15, -0.1) is 0 Å². The van der Waals surface area contributed by atoms with E-state index in [0.29, 0.717) is 51.4 Å². The molecule has 0 radical (unpaired) electrons. The highest BCUT2D eigenvalue weighted by Gasteiger charge is 2.49. The standard InChI is InChI=1S/C79H136N6O37P2/c1-47(2)124(108,109)117-43-63-59(36-48(3)118-63)122-123(7,107)116-42-52-37-58(97)38-85(52)66(100)22-21-65(99)84-79(44-110-30-23-53(92)16-10-8-12-18-55(94)25-33-113-76-67(81-49(4)89)73(104)70(101)60(39-86)119-76,45-111-31-24-54(93)17-11-9-13-19-56(95)26-34-114-77-68(82-50(5)90)74(105)71(102)61(40-87)120-77)46-112-32-28-64(98)80-29-15-14-20-57(96)27-35-115-78-69(83-51(6)91)75(106)72(103)62(41-88)121-78/h47-48,52,58-63,67-78,86-88,97,101-107H,7-46H2,1-6H3,(H,80,98)(H,81,89)(H,82,90)(H,83,91)(H,84,99)(H,108,109)/t48-,52-,58+,59-,60?,61?,62?,63+,67?,68?,69?,70-,71-,72-,73+,74+,75+,76+,77+,78+,79?,123?/m0/s1. The Morgan fingerprint density at radius 1 is 0.468 bits per heavy atom. The fourth-order valence-corrected chi connectivity index (χ4v) is 16.1. The normalized spacial score (nSPS) is 28.5. The van der Waals surface area contributed by atoms with E-state index in [9.17, 15) is 118 Å². The van der Waals surface area contributed by atoms with Crippen molar-refractivity contribution >= 4 is 85.8 Å². The molecule has 0 bridgehead atoms. The van der Waals surface area contributed by atoms with Crippen LogP contribution in [0.1, 0.15) is 189 Å². The maximum atomic E-state index is 14.4. The third-order valence-corrected chi connectivity index (χ3v) is 24.3. The minimum Gasteiger partial charge on any atom is -0.394 e.